The molecule has 0 aromatic heterocycles. The minimum atomic E-state index is -0.724. The van der Waals surface area contributed by atoms with E-state index in [9.17, 15) is 0 Å². The summed E-state index contributed by atoms with van der Waals surface area (Å²) in [6.45, 7) is 0. The molecule has 0 saturated heterocycles. The van der Waals surface area contributed by atoms with Crippen LogP contribution in [0.25, 0.3) is 0 Å². The lowest BCUT2D eigenvalue weighted by atomic mass is 9.84. The number of nitrogens with one attached hydrogen (secondary N) is 1. The van der Waals surface area contributed by atoms with Crippen molar-refractivity contribution in [3.63, 3.8) is 0 Å². The number of rotatable bonds is 0. The monoisotopic (exact) mass is 123 g/mol. The zero-order valence-electron chi connectivity index (χ0n) is 5.48. The third kappa shape index (κ3) is 1.43. The maximum atomic E-state index is 8.51. The summed E-state index contributed by atoms with van der Waals surface area (Å²) in [7, 11) is 0. The van der Waals surface area contributed by atoms with Crippen LogP contribution in [-0.2, 0) is 0 Å². The van der Waals surface area contributed by atoms with Gasteiger partial charge in [-0.2, -0.15) is 5.26 Å². The fraction of sp³-hybridized carbons (Fsp3) is 0.857. The normalized spacial score (nSPS) is 24.9. The average Bonchev–Trinajstić information content (AvgIpc) is 1.90. The lowest BCUT2D eigenvalue weighted by Crippen LogP contribution is -2.30. The van der Waals surface area contributed by atoms with E-state index in [1.54, 1.807) is 0 Å². The topological polar surface area (TPSA) is 47.6 Å². The van der Waals surface area contributed by atoms with Gasteiger partial charge < -0.3 is 0 Å². The molecule has 1 aliphatic rings. The van der Waals surface area contributed by atoms with Crippen LogP contribution in [0.5, 0.6) is 0 Å². The molecule has 49 valence electrons. The van der Waals surface area contributed by atoms with E-state index >= 15 is 0 Å². The van der Waals surface area contributed by atoms with E-state index < -0.39 is 5.54 Å². The Labute approximate surface area is 55.7 Å². The average molecular weight is 123 g/mol. The van der Waals surface area contributed by atoms with Crippen LogP contribution in [0.15, 0.2) is 0 Å². The Bertz CT molecular complexity index is 128. The van der Waals surface area contributed by atoms with E-state index in [0.717, 1.165) is 25.7 Å². The van der Waals surface area contributed by atoms with Crippen molar-refractivity contribution in [2.75, 3.05) is 0 Å². The molecule has 0 heterocycles. The van der Waals surface area contributed by atoms with Gasteiger partial charge in [0.1, 0.15) is 5.54 Å². The maximum absolute atomic E-state index is 8.51. The van der Waals surface area contributed by atoms with Crippen LogP contribution in [0, 0.1) is 11.3 Å². The molecule has 1 saturated carbocycles. The second-order valence-corrected chi connectivity index (χ2v) is 2.75. The van der Waals surface area contributed by atoms with Crippen molar-refractivity contribution < 1.29 is 0 Å². The van der Waals surface area contributed by atoms with Gasteiger partial charge in [0.05, 0.1) is 6.07 Å². The molecule has 1 rings (SSSR count). The van der Waals surface area contributed by atoms with Gasteiger partial charge >= 0.3 is 0 Å². The molecule has 0 bridgehead atoms. The summed E-state index contributed by atoms with van der Waals surface area (Å²) in [5.74, 6) is 0. The maximum Gasteiger partial charge on any atom is 0.119 e. The second-order valence-electron chi connectivity index (χ2n) is 2.75. The molecule has 1 radical (unpaired) electrons. The number of hydrogen-bond acceptors (Lipinski definition) is 1. The third-order valence-corrected chi connectivity index (χ3v) is 1.92. The van der Waals surface area contributed by atoms with Gasteiger partial charge in [0.25, 0.3) is 0 Å². The molecule has 0 spiro atoms. The van der Waals surface area contributed by atoms with Gasteiger partial charge in [0.15, 0.2) is 0 Å². The van der Waals surface area contributed by atoms with Crippen molar-refractivity contribution >= 4 is 0 Å². The van der Waals surface area contributed by atoms with Crippen LogP contribution in [-0.4, -0.2) is 5.54 Å². The molecule has 0 unspecified atom stereocenters. The van der Waals surface area contributed by atoms with Crippen molar-refractivity contribution in [3.8, 4) is 6.07 Å². The van der Waals surface area contributed by atoms with Crippen molar-refractivity contribution in [2.24, 2.45) is 0 Å². The van der Waals surface area contributed by atoms with E-state index in [1.165, 1.54) is 6.42 Å². The number of hydrogen-bond donors (Lipinski definition) is 0. The first kappa shape index (κ1) is 6.57. The molecule has 0 aromatic rings. The fourth-order valence-electron chi connectivity index (χ4n) is 1.27. The predicted molar refractivity (Wildman–Crippen MR) is 34.5 cm³/mol. The molecular formula is C7H11N2. The van der Waals surface area contributed by atoms with E-state index in [0.29, 0.717) is 0 Å². The van der Waals surface area contributed by atoms with Crippen LogP contribution >= 0.6 is 0 Å². The Morgan fingerprint density at radius 1 is 1.22 bits per heavy atom. The Kier molecular flexibility index (Phi) is 1.73. The number of nitriles is 1. The second kappa shape index (κ2) is 2.36. The Morgan fingerprint density at radius 3 is 2.11 bits per heavy atom. The zero-order chi connectivity index (χ0) is 6.74. The molecular weight excluding hydrogens is 112 g/mol. The van der Waals surface area contributed by atoms with Gasteiger partial charge in [-0.15, -0.1) is 0 Å². The van der Waals surface area contributed by atoms with Crippen molar-refractivity contribution in [3.05, 3.63) is 0 Å². The quantitative estimate of drug-likeness (QED) is 0.481. The molecule has 2 nitrogen and oxygen atoms in total. The SMILES string of the molecule is N#CC1([NH])CCCCC1. The third-order valence-electron chi connectivity index (χ3n) is 1.92. The Morgan fingerprint density at radius 2 is 1.78 bits per heavy atom. The molecule has 0 aromatic carbocycles. The first-order chi connectivity index (χ1) is 4.27. The molecule has 0 amide bonds. The molecule has 9 heavy (non-hydrogen) atoms. The smallest absolute Gasteiger partial charge is 0.119 e. The summed E-state index contributed by atoms with van der Waals surface area (Å²) in [5, 5.41) is 8.51. The first-order valence-corrected chi connectivity index (χ1v) is 3.43. The molecule has 2 heteroatoms. The van der Waals surface area contributed by atoms with Crippen molar-refractivity contribution in [1.82, 2.24) is 5.73 Å². The summed E-state index contributed by atoms with van der Waals surface area (Å²) in [6.07, 6.45) is 4.91. The van der Waals surface area contributed by atoms with Crippen molar-refractivity contribution in [1.29, 1.82) is 5.26 Å². The predicted octanol–water partition coefficient (Wildman–Crippen LogP) is 1.50. The molecule has 1 aliphatic carbocycles. The zero-order valence-corrected chi connectivity index (χ0v) is 5.48. The Balaban J connectivity index is 2.49. The van der Waals surface area contributed by atoms with Crippen LogP contribution in [0.3, 0.4) is 0 Å². The van der Waals surface area contributed by atoms with Crippen LogP contribution in [0.1, 0.15) is 32.1 Å². The Hall–Kier alpha value is -0.550. The molecule has 1 N–H and O–H groups in total. The summed E-state index contributed by atoms with van der Waals surface area (Å²) < 4.78 is 0. The minimum absolute atomic E-state index is 0.724. The van der Waals surface area contributed by atoms with Gasteiger partial charge in [-0.3, -0.25) is 0 Å². The largest absolute Gasteiger partial charge is 0.236 e. The van der Waals surface area contributed by atoms with Gasteiger partial charge in [-0.05, 0) is 12.8 Å². The summed E-state index contributed by atoms with van der Waals surface area (Å²) in [6, 6.07) is 2.05. The summed E-state index contributed by atoms with van der Waals surface area (Å²) in [5.41, 5.74) is 6.78. The highest BCUT2D eigenvalue weighted by atomic mass is 14.7. The van der Waals surface area contributed by atoms with Gasteiger partial charge in [-0.25, -0.2) is 5.73 Å². The highest BCUT2D eigenvalue weighted by Gasteiger charge is 2.27. The van der Waals surface area contributed by atoms with Gasteiger partial charge in [0, 0.05) is 0 Å². The van der Waals surface area contributed by atoms with Gasteiger partial charge in [0.2, 0.25) is 0 Å². The lowest BCUT2D eigenvalue weighted by Gasteiger charge is -2.24. The van der Waals surface area contributed by atoms with Crippen LogP contribution in [0.2, 0.25) is 0 Å². The van der Waals surface area contributed by atoms with Crippen molar-refractivity contribution in [2.45, 2.75) is 37.6 Å². The molecule has 0 aliphatic heterocycles. The van der Waals surface area contributed by atoms with E-state index in [4.69, 9.17) is 11.0 Å². The van der Waals surface area contributed by atoms with Crippen LogP contribution in [0.4, 0.5) is 0 Å². The number of nitrogens with zero attached hydrogens (tertiary/aromatic N) is 1. The van der Waals surface area contributed by atoms with Crippen LogP contribution < -0.4 is 5.73 Å². The lowest BCUT2D eigenvalue weighted by molar-refractivity contribution is 0.357. The molecule has 0 atom stereocenters. The van der Waals surface area contributed by atoms with Gasteiger partial charge in [-0.1, -0.05) is 19.3 Å². The highest BCUT2D eigenvalue weighted by Crippen LogP contribution is 2.25. The standard InChI is InChI=1S/C7H11N2/c8-6-7(9)4-2-1-3-5-7/h9H,1-5H2. The van der Waals surface area contributed by atoms with E-state index in [1.807, 2.05) is 6.07 Å². The minimum Gasteiger partial charge on any atom is -0.236 e. The summed E-state index contributed by atoms with van der Waals surface area (Å²) >= 11 is 0. The highest BCUT2D eigenvalue weighted by molar-refractivity contribution is 5.04. The van der Waals surface area contributed by atoms with E-state index in [-0.39, 0.29) is 0 Å². The first-order valence-electron chi connectivity index (χ1n) is 3.43. The fourth-order valence-corrected chi connectivity index (χ4v) is 1.27. The van der Waals surface area contributed by atoms with E-state index in [2.05, 4.69) is 0 Å². The summed E-state index contributed by atoms with van der Waals surface area (Å²) in [4.78, 5) is 0. The molecule has 1 fully saturated rings.